The molecule has 6 heterocycles. The van der Waals surface area contributed by atoms with Crippen molar-refractivity contribution in [3.8, 4) is 11.1 Å². The molecule has 95 heavy (non-hydrogen) atoms. The maximum absolute atomic E-state index is 5.41. The topological polar surface area (TPSA) is 89.8 Å². The first-order valence-corrected chi connectivity index (χ1v) is 32.7. The zero-order valence-corrected chi connectivity index (χ0v) is 52.9. The van der Waals surface area contributed by atoms with Crippen molar-refractivity contribution in [2.75, 3.05) is 19.6 Å². The summed E-state index contributed by atoms with van der Waals surface area (Å²) in [5, 5.41) is 16.1. The van der Waals surface area contributed by atoms with Gasteiger partial charge in [-0.05, 0) is 197 Å². The normalized spacial score (nSPS) is 13.1. The number of hydrogen-bond acceptors (Lipinski definition) is 10. The summed E-state index contributed by atoms with van der Waals surface area (Å²) in [4.78, 5) is 39.8. The summed E-state index contributed by atoms with van der Waals surface area (Å²) in [5.74, 6) is 4.92. The summed E-state index contributed by atoms with van der Waals surface area (Å²) in [6.07, 6.45) is 20.3. The van der Waals surface area contributed by atoms with E-state index >= 15 is 0 Å². The van der Waals surface area contributed by atoms with Gasteiger partial charge >= 0.3 is 0 Å². The Bertz CT molecular complexity index is 5740. The SMILES string of the molecule is CC/C=c1/c(N(c2ccccn2)c2ccc(-c3cccc4c(N(c5cccc(C)n5)c5ccc6ccc7c(N(c8cccc(C)n8)c8cccc9ccccc89)ccc8ccc5c6c87)cccc34)cn2)ccc2ccc3c(c12)CC=CC=3N(C1=CCCC=N1)c1ccccn1. The largest absolute Gasteiger partial charge is 0.294 e. The molecule has 0 amide bonds. The molecule has 0 atom stereocenters. The predicted octanol–water partition coefficient (Wildman–Crippen LogP) is 20.3. The fourth-order valence-corrected chi connectivity index (χ4v) is 14.5. The van der Waals surface area contributed by atoms with E-state index in [0.717, 1.165) is 160 Å². The lowest BCUT2D eigenvalue weighted by molar-refractivity contribution is 0.985. The van der Waals surface area contributed by atoms with Gasteiger partial charge in [0.1, 0.15) is 34.9 Å². The first kappa shape index (κ1) is 56.8. The molecule has 0 unspecified atom stereocenters. The molecule has 17 rings (SSSR count). The molecular weight excluding hydrogens is 1160 g/mol. The molecule has 0 fully saturated rings. The minimum absolute atomic E-state index is 0.754. The van der Waals surface area contributed by atoms with Crippen molar-refractivity contribution in [1.29, 1.82) is 0 Å². The van der Waals surface area contributed by atoms with Crippen LogP contribution in [0.4, 0.5) is 57.5 Å². The minimum Gasteiger partial charge on any atom is -0.294 e. The van der Waals surface area contributed by atoms with Crippen LogP contribution in [-0.4, -0.2) is 31.1 Å². The minimum atomic E-state index is 0.754. The number of pyridine rings is 5. The molecule has 1 aliphatic heterocycles. The molecule has 0 saturated heterocycles. The van der Waals surface area contributed by atoms with Crippen molar-refractivity contribution in [3.05, 3.63) is 307 Å². The van der Waals surface area contributed by atoms with Crippen LogP contribution in [0, 0.1) is 13.8 Å². The number of rotatable bonds is 14. The molecule has 2 aliphatic rings. The molecule has 10 aromatic carbocycles. The Morgan fingerprint density at radius 2 is 0.968 bits per heavy atom. The second-order valence-corrected chi connectivity index (χ2v) is 24.4. The van der Waals surface area contributed by atoms with E-state index in [0.29, 0.717) is 0 Å². The molecule has 0 radical (unpaired) electrons. The Labute approximate surface area is 550 Å². The third kappa shape index (κ3) is 9.88. The van der Waals surface area contributed by atoms with Gasteiger partial charge in [-0.3, -0.25) is 19.6 Å². The van der Waals surface area contributed by atoms with Gasteiger partial charge in [0.05, 0.1) is 34.1 Å². The third-order valence-electron chi connectivity index (χ3n) is 18.6. The maximum atomic E-state index is 5.41. The molecule has 10 nitrogen and oxygen atoms in total. The Balaban J connectivity index is 0.793. The number of aliphatic imine (C=N–C) groups is 1. The van der Waals surface area contributed by atoms with E-state index in [2.05, 4.69) is 277 Å². The summed E-state index contributed by atoms with van der Waals surface area (Å²) in [6, 6.07) is 84.8. The van der Waals surface area contributed by atoms with Gasteiger partial charge < -0.3 is 0 Å². The number of benzene rings is 10. The van der Waals surface area contributed by atoms with Crippen molar-refractivity contribution in [3.63, 3.8) is 0 Å². The second kappa shape index (κ2) is 23.8. The first-order chi connectivity index (χ1) is 46.9. The number of anilines is 10. The van der Waals surface area contributed by atoms with E-state index < -0.39 is 0 Å². The molecule has 10 heteroatoms. The van der Waals surface area contributed by atoms with E-state index in [1.165, 1.54) is 37.9 Å². The lowest BCUT2D eigenvalue weighted by Gasteiger charge is -2.29. The molecule has 15 aromatic rings. The van der Waals surface area contributed by atoms with Crippen LogP contribution < -0.4 is 30.0 Å². The highest BCUT2D eigenvalue weighted by Crippen LogP contribution is 2.50. The molecule has 0 saturated carbocycles. The number of aryl methyl sites for hydroxylation is 2. The highest BCUT2D eigenvalue weighted by atomic mass is 15.3. The fourth-order valence-electron chi connectivity index (χ4n) is 14.5. The monoisotopic (exact) mass is 1220 g/mol. The van der Waals surface area contributed by atoms with Gasteiger partial charge in [-0.25, -0.2) is 29.9 Å². The number of aromatic nitrogens is 5. The standard InChI is InChI=1S/C85H64N10/c1-4-19-68-76(49-40-58-37-44-66-67(83(58)68)28-18-31-73(66)94(77-32-7-10-51-86-77)78-33-8-11-52-87-78)95(79-34-9-12-53-88-79)80-50-43-61(54-89-80)62-25-16-27-65-64(62)26-17-30-72(65)93(82-36-14-21-56(3)91-82)75-48-42-60-38-45-69-74(47-41-59-39-46-70(75)85(60)84(59)69)92(81-35-13-20-55(2)90-81)71-29-15-23-57-22-5-6-24-63(57)71/h5-7,9-10,12-27,29-54H,4,8,11,28H2,1-3H3/b68-19-. The summed E-state index contributed by atoms with van der Waals surface area (Å²) >= 11 is 0. The second-order valence-electron chi connectivity index (χ2n) is 24.4. The van der Waals surface area contributed by atoms with Gasteiger partial charge in [-0.1, -0.05) is 165 Å². The van der Waals surface area contributed by atoms with Gasteiger partial charge in [-0.2, -0.15) is 0 Å². The maximum Gasteiger partial charge on any atom is 0.138 e. The Kier molecular flexibility index (Phi) is 14.3. The van der Waals surface area contributed by atoms with Crippen LogP contribution >= 0.6 is 0 Å². The van der Waals surface area contributed by atoms with Crippen molar-refractivity contribution in [1.82, 2.24) is 24.9 Å². The van der Waals surface area contributed by atoms with Crippen LogP contribution in [0.3, 0.4) is 0 Å². The molecular formula is C85H64N10. The quantitative estimate of drug-likeness (QED) is 0.0988. The van der Waals surface area contributed by atoms with Crippen molar-refractivity contribution < 1.29 is 0 Å². The predicted molar refractivity (Wildman–Crippen MR) is 396 cm³/mol. The van der Waals surface area contributed by atoms with Gasteiger partial charge in [0.25, 0.3) is 0 Å². The highest BCUT2D eigenvalue weighted by molar-refractivity contribution is 6.28. The molecule has 0 bridgehead atoms. The number of nitrogens with zero attached hydrogens (tertiary/aromatic N) is 10. The number of hydrogen-bond donors (Lipinski definition) is 0. The van der Waals surface area contributed by atoms with Crippen LogP contribution in [0.2, 0.25) is 0 Å². The Morgan fingerprint density at radius 3 is 1.62 bits per heavy atom. The molecule has 454 valence electrons. The van der Waals surface area contributed by atoms with Crippen molar-refractivity contribution >= 4 is 140 Å². The lowest BCUT2D eigenvalue weighted by Crippen LogP contribution is -2.31. The van der Waals surface area contributed by atoms with E-state index in [1.54, 1.807) is 0 Å². The molecule has 1 aliphatic carbocycles. The summed E-state index contributed by atoms with van der Waals surface area (Å²) in [7, 11) is 0. The Hall–Kier alpha value is -12.1. The average Bonchev–Trinajstić information content (AvgIpc) is 0.750. The van der Waals surface area contributed by atoms with E-state index in [-0.39, 0.29) is 0 Å². The lowest BCUT2D eigenvalue weighted by atomic mass is 9.91. The van der Waals surface area contributed by atoms with E-state index in [1.807, 2.05) is 49.1 Å². The van der Waals surface area contributed by atoms with Crippen LogP contribution in [0.15, 0.2) is 284 Å². The summed E-state index contributed by atoms with van der Waals surface area (Å²) in [6.45, 7) is 6.34. The van der Waals surface area contributed by atoms with Crippen LogP contribution in [-0.2, 0) is 6.42 Å². The zero-order chi connectivity index (χ0) is 63.5. The van der Waals surface area contributed by atoms with Gasteiger partial charge in [0, 0.05) is 73.7 Å². The average molecular weight is 1230 g/mol. The van der Waals surface area contributed by atoms with Crippen molar-refractivity contribution in [2.45, 2.75) is 46.5 Å². The van der Waals surface area contributed by atoms with Gasteiger partial charge in [0.15, 0.2) is 0 Å². The third-order valence-corrected chi connectivity index (χ3v) is 18.6. The molecule has 0 spiro atoms. The zero-order valence-electron chi connectivity index (χ0n) is 52.9. The fraction of sp³-hybridized carbons (Fsp3) is 0.0824. The highest BCUT2D eigenvalue weighted by Gasteiger charge is 2.27. The van der Waals surface area contributed by atoms with Gasteiger partial charge in [-0.15, -0.1) is 0 Å². The Morgan fingerprint density at radius 1 is 0.411 bits per heavy atom. The number of fused-ring (bicyclic) bond motifs is 5. The molecule has 5 aromatic heterocycles. The summed E-state index contributed by atoms with van der Waals surface area (Å²) in [5.41, 5.74) is 11.4. The van der Waals surface area contributed by atoms with E-state index in [9.17, 15) is 0 Å². The van der Waals surface area contributed by atoms with Crippen LogP contribution in [0.1, 0.15) is 43.1 Å². The van der Waals surface area contributed by atoms with E-state index in [4.69, 9.17) is 29.9 Å². The van der Waals surface area contributed by atoms with Crippen LogP contribution in [0.25, 0.3) is 87.5 Å². The number of allylic oxidation sites excluding steroid dienone is 2. The van der Waals surface area contributed by atoms with Crippen molar-refractivity contribution in [2.24, 2.45) is 4.99 Å². The van der Waals surface area contributed by atoms with Crippen LogP contribution in [0.5, 0.6) is 0 Å². The first-order valence-electron chi connectivity index (χ1n) is 32.7. The summed E-state index contributed by atoms with van der Waals surface area (Å²) < 4.78 is 0. The molecule has 0 N–H and O–H groups in total. The van der Waals surface area contributed by atoms with Gasteiger partial charge in [0.2, 0.25) is 0 Å². The smallest absolute Gasteiger partial charge is 0.138 e.